The molecule has 1 unspecified atom stereocenters. The summed E-state index contributed by atoms with van der Waals surface area (Å²) in [6, 6.07) is 0. The molecular formula is C9H19N5S. The fourth-order valence-electron chi connectivity index (χ4n) is 1.40. The SMILES string of the molecule is CCC(C)CN(C)Cc1nnsc1NN. The summed E-state index contributed by atoms with van der Waals surface area (Å²) in [6.45, 7) is 6.31. The molecular weight excluding hydrogens is 210 g/mol. The van der Waals surface area contributed by atoms with Crippen molar-refractivity contribution < 1.29 is 0 Å². The fraction of sp³-hybridized carbons (Fsp3) is 0.778. The van der Waals surface area contributed by atoms with Gasteiger partial charge in [-0.3, -0.25) is 0 Å². The quantitative estimate of drug-likeness (QED) is 0.568. The molecule has 0 aliphatic rings. The normalized spacial score (nSPS) is 13.1. The maximum absolute atomic E-state index is 5.36. The Kier molecular flexibility index (Phi) is 4.93. The van der Waals surface area contributed by atoms with Gasteiger partial charge in [0.2, 0.25) is 0 Å². The van der Waals surface area contributed by atoms with E-state index in [1.54, 1.807) is 0 Å². The Bertz CT molecular complexity index is 288. The monoisotopic (exact) mass is 229 g/mol. The number of nitrogens with zero attached hydrogens (tertiary/aromatic N) is 3. The topological polar surface area (TPSA) is 67.1 Å². The highest BCUT2D eigenvalue weighted by Gasteiger charge is 2.11. The van der Waals surface area contributed by atoms with E-state index >= 15 is 0 Å². The molecule has 1 heterocycles. The second-order valence-electron chi connectivity index (χ2n) is 3.90. The molecule has 1 aromatic rings. The summed E-state index contributed by atoms with van der Waals surface area (Å²) in [5.74, 6) is 6.06. The largest absolute Gasteiger partial charge is 0.313 e. The molecule has 0 spiro atoms. The van der Waals surface area contributed by atoms with Gasteiger partial charge in [-0.15, -0.1) is 5.10 Å². The third-order valence-corrected chi connectivity index (χ3v) is 3.13. The molecule has 86 valence electrons. The van der Waals surface area contributed by atoms with Crippen LogP contribution in [0.25, 0.3) is 0 Å². The highest BCUT2D eigenvalue weighted by Crippen LogP contribution is 2.17. The average molecular weight is 229 g/mol. The van der Waals surface area contributed by atoms with Gasteiger partial charge in [0, 0.05) is 24.6 Å². The first-order valence-electron chi connectivity index (χ1n) is 5.13. The lowest BCUT2D eigenvalue weighted by molar-refractivity contribution is 0.272. The molecule has 0 saturated carbocycles. The molecule has 15 heavy (non-hydrogen) atoms. The standard InChI is InChI=1S/C9H19N5S/c1-4-7(2)5-14(3)6-8-9(11-10)15-13-12-8/h7,11H,4-6,10H2,1-3H3. The van der Waals surface area contributed by atoms with Gasteiger partial charge in [-0.05, 0) is 13.0 Å². The summed E-state index contributed by atoms with van der Waals surface area (Å²) in [4.78, 5) is 2.24. The van der Waals surface area contributed by atoms with E-state index < -0.39 is 0 Å². The van der Waals surface area contributed by atoms with Gasteiger partial charge in [-0.25, -0.2) is 5.84 Å². The first-order valence-corrected chi connectivity index (χ1v) is 5.91. The molecule has 0 bridgehead atoms. The molecule has 5 nitrogen and oxygen atoms in total. The summed E-state index contributed by atoms with van der Waals surface area (Å²) in [7, 11) is 2.09. The Morgan fingerprint density at radius 1 is 1.60 bits per heavy atom. The van der Waals surface area contributed by atoms with Crippen molar-refractivity contribution in [3.63, 3.8) is 0 Å². The van der Waals surface area contributed by atoms with Gasteiger partial charge in [-0.2, -0.15) is 0 Å². The first kappa shape index (κ1) is 12.4. The highest BCUT2D eigenvalue weighted by atomic mass is 32.1. The molecule has 6 heteroatoms. The number of aromatic nitrogens is 2. The van der Waals surface area contributed by atoms with Crippen molar-refractivity contribution in [2.75, 3.05) is 19.0 Å². The van der Waals surface area contributed by atoms with Crippen LogP contribution in [0.1, 0.15) is 26.0 Å². The van der Waals surface area contributed by atoms with E-state index in [0.29, 0.717) is 5.92 Å². The molecule has 0 aromatic carbocycles. The smallest absolute Gasteiger partial charge is 0.148 e. The number of hydrogen-bond donors (Lipinski definition) is 2. The van der Waals surface area contributed by atoms with E-state index in [0.717, 1.165) is 23.8 Å². The van der Waals surface area contributed by atoms with Crippen LogP contribution in [0.3, 0.4) is 0 Å². The predicted molar refractivity (Wildman–Crippen MR) is 63.5 cm³/mol. The molecule has 1 atom stereocenters. The lowest BCUT2D eigenvalue weighted by Gasteiger charge is -2.19. The van der Waals surface area contributed by atoms with E-state index in [2.05, 4.69) is 40.8 Å². The Balaban J connectivity index is 2.47. The fourth-order valence-corrected chi connectivity index (χ4v) is 1.89. The third kappa shape index (κ3) is 3.73. The van der Waals surface area contributed by atoms with Gasteiger partial charge >= 0.3 is 0 Å². The Hall–Kier alpha value is -0.720. The predicted octanol–water partition coefficient (Wildman–Crippen LogP) is 1.30. The van der Waals surface area contributed by atoms with Crippen LogP contribution >= 0.6 is 11.5 Å². The second-order valence-corrected chi connectivity index (χ2v) is 4.66. The van der Waals surface area contributed by atoms with Crippen molar-refractivity contribution in [3.05, 3.63) is 5.69 Å². The molecule has 0 aliphatic carbocycles. The summed E-state index contributed by atoms with van der Waals surface area (Å²) in [6.07, 6.45) is 1.20. The number of nitrogens with one attached hydrogen (secondary N) is 1. The number of nitrogen functional groups attached to an aromatic ring is 1. The lowest BCUT2D eigenvalue weighted by atomic mass is 10.1. The Labute approximate surface area is 94.8 Å². The van der Waals surface area contributed by atoms with Gasteiger partial charge in [0.15, 0.2) is 0 Å². The van der Waals surface area contributed by atoms with Crippen LogP contribution in [-0.4, -0.2) is 28.1 Å². The van der Waals surface area contributed by atoms with Crippen molar-refractivity contribution in [1.82, 2.24) is 14.5 Å². The molecule has 0 amide bonds. The zero-order valence-corrected chi connectivity index (χ0v) is 10.3. The van der Waals surface area contributed by atoms with Crippen LogP contribution in [-0.2, 0) is 6.54 Å². The van der Waals surface area contributed by atoms with Crippen LogP contribution in [0.15, 0.2) is 0 Å². The van der Waals surface area contributed by atoms with E-state index in [1.807, 2.05) is 0 Å². The number of rotatable bonds is 6. The molecule has 0 radical (unpaired) electrons. The van der Waals surface area contributed by atoms with Crippen molar-refractivity contribution in [3.8, 4) is 0 Å². The summed E-state index contributed by atoms with van der Waals surface area (Å²) in [5, 5.41) is 4.90. The number of hydrogen-bond acceptors (Lipinski definition) is 6. The summed E-state index contributed by atoms with van der Waals surface area (Å²) >= 11 is 1.29. The molecule has 0 aliphatic heterocycles. The highest BCUT2D eigenvalue weighted by molar-refractivity contribution is 7.10. The van der Waals surface area contributed by atoms with E-state index in [-0.39, 0.29) is 0 Å². The summed E-state index contributed by atoms with van der Waals surface area (Å²) in [5.41, 5.74) is 3.54. The van der Waals surface area contributed by atoms with Crippen molar-refractivity contribution in [2.24, 2.45) is 11.8 Å². The molecule has 1 rings (SSSR count). The van der Waals surface area contributed by atoms with Crippen LogP contribution in [0, 0.1) is 5.92 Å². The minimum atomic E-state index is 0.705. The average Bonchev–Trinajstić information content (AvgIpc) is 2.64. The zero-order valence-electron chi connectivity index (χ0n) is 9.53. The first-order chi connectivity index (χ1) is 7.17. The minimum absolute atomic E-state index is 0.705. The summed E-state index contributed by atoms with van der Waals surface area (Å²) < 4.78 is 3.87. The van der Waals surface area contributed by atoms with Gasteiger partial charge in [0.25, 0.3) is 0 Å². The maximum atomic E-state index is 5.36. The van der Waals surface area contributed by atoms with E-state index in [9.17, 15) is 0 Å². The lowest BCUT2D eigenvalue weighted by Crippen LogP contribution is -2.24. The van der Waals surface area contributed by atoms with Crippen molar-refractivity contribution >= 4 is 16.5 Å². The Morgan fingerprint density at radius 3 is 2.93 bits per heavy atom. The zero-order chi connectivity index (χ0) is 11.3. The van der Waals surface area contributed by atoms with Crippen LogP contribution in [0.2, 0.25) is 0 Å². The molecule has 0 fully saturated rings. The van der Waals surface area contributed by atoms with Crippen LogP contribution < -0.4 is 11.3 Å². The van der Waals surface area contributed by atoms with E-state index in [4.69, 9.17) is 5.84 Å². The minimum Gasteiger partial charge on any atom is -0.313 e. The maximum Gasteiger partial charge on any atom is 0.148 e. The number of anilines is 1. The number of hydrazine groups is 1. The van der Waals surface area contributed by atoms with Gasteiger partial charge in [0.1, 0.15) is 10.7 Å². The van der Waals surface area contributed by atoms with Gasteiger partial charge < -0.3 is 10.3 Å². The van der Waals surface area contributed by atoms with Gasteiger partial charge in [0.05, 0.1) is 0 Å². The molecule has 1 aromatic heterocycles. The van der Waals surface area contributed by atoms with E-state index in [1.165, 1.54) is 18.0 Å². The van der Waals surface area contributed by atoms with Crippen LogP contribution in [0.5, 0.6) is 0 Å². The Morgan fingerprint density at radius 2 is 2.33 bits per heavy atom. The van der Waals surface area contributed by atoms with Crippen molar-refractivity contribution in [2.45, 2.75) is 26.8 Å². The van der Waals surface area contributed by atoms with Crippen molar-refractivity contribution in [1.29, 1.82) is 0 Å². The number of nitrogens with two attached hydrogens (primary N) is 1. The second kappa shape index (κ2) is 5.99. The molecule has 3 N–H and O–H groups in total. The molecule has 0 saturated heterocycles. The van der Waals surface area contributed by atoms with Gasteiger partial charge in [-0.1, -0.05) is 24.8 Å². The third-order valence-electron chi connectivity index (χ3n) is 2.43. The van der Waals surface area contributed by atoms with Crippen LogP contribution in [0.4, 0.5) is 5.00 Å².